The maximum absolute atomic E-state index is 10.6. The van der Waals surface area contributed by atoms with Gasteiger partial charge in [-0.05, 0) is 44.9 Å². The van der Waals surface area contributed by atoms with Crippen LogP contribution in [0.3, 0.4) is 0 Å². The molecule has 0 heterocycles. The number of ether oxygens (including phenoxy) is 6. The molecule has 0 aromatic carbocycles. The van der Waals surface area contributed by atoms with Crippen LogP contribution in [0.2, 0.25) is 0 Å². The summed E-state index contributed by atoms with van der Waals surface area (Å²) in [4.78, 5) is 0. The predicted molar refractivity (Wildman–Crippen MR) is 129 cm³/mol. The van der Waals surface area contributed by atoms with Gasteiger partial charge in [0.1, 0.15) is 0 Å². The minimum atomic E-state index is -4.35. The van der Waals surface area contributed by atoms with Crippen molar-refractivity contribution in [1.29, 1.82) is 0 Å². The van der Waals surface area contributed by atoms with Crippen LogP contribution in [-0.2, 0) is 37.4 Å². The molecule has 0 aromatic heterocycles. The summed E-state index contributed by atoms with van der Waals surface area (Å²) in [7, 11) is -4.35. The van der Waals surface area contributed by atoms with E-state index in [4.69, 9.17) is 37.4 Å². The van der Waals surface area contributed by atoms with E-state index in [1.807, 2.05) is 48.5 Å². The SMILES string of the molecule is CCCOC(OCCC)(OCCC)[Si](OO)(OCCC)C(OCCC)(OCCC)OCCC. The van der Waals surface area contributed by atoms with E-state index in [0.717, 1.165) is 0 Å². The third-order valence-electron chi connectivity index (χ3n) is 4.42. The van der Waals surface area contributed by atoms with Gasteiger partial charge < -0.3 is 32.8 Å². The molecule has 0 amide bonds. The topological polar surface area (TPSA) is 94.1 Å². The summed E-state index contributed by atoms with van der Waals surface area (Å²) < 4.78 is 49.2. The summed E-state index contributed by atoms with van der Waals surface area (Å²) in [5.41, 5.74) is -3.76. The van der Waals surface area contributed by atoms with Crippen molar-refractivity contribution < 1.29 is 42.7 Å². The van der Waals surface area contributed by atoms with Crippen molar-refractivity contribution in [2.24, 2.45) is 0 Å². The van der Waals surface area contributed by atoms with Crippen LogP contribution in [0, 0.1) is 0 Å². The number of hydrogen-bond donors (Lipinski definition) is 1. The normalized spacial score (nSPS) is 13.1. The molecule has 0 aliphatic rings. The minimum absolute atomic E-state index is 0.233. The van der Waals surface area contributed by atoms with Gasteiger partial charge in [0.25, 0.3) is 0 Å². The second kappa shape index (κ2) is 19.1. The van der Waals surface area contributed by atoms with Crippen LogP contribution in [0.15, 0.2) is 0 Å². The van der Waals surface area contributed by atoms with Crippen molar-refractivity contribution in [2.75, 3.05) is 46.2 Å². The average Bonchev–Trinajstić information content (AvgIpc) is 2.85. The predicted octanol–water partition coefficient (Wildman–Crippen LogP) is 5.29. The van der Waals surface area contributed by atoms with E-state index in [0.29, 0.717) is 44.9 Å². The van der Waals surface area contributed by atoms with Crippen LogP contribution < -0.4 is 0 Å². The fourth-order valence-corrected chi connectivity index (χ4v) is 6.24. The van der Waals surface area contributed by atoms with Gasteiger partial charge in [-0.1, -0.05) is 48.5 Å². The molecular weight excluding hydrogens is 448 g/mol. The second-order valence-electron chi connectivity index (χ2n) is 7.76. The molecule has 0 rings (SSSR count). The van der Waals surface area contributed by atoms with Gasteiger partial charge >= 0.3 is 19.8 Å². The molecule has 1 N–H and O–H groups in total. The van der Waals surface area contributed by atoms with Gasteiger partial charge in [0, 0.05) is 6.61 Å². The summed E-state index contributed by atoms with van der Waals surface area (Å²) >= 11 is 0. The molecule has 0 aromatic rings. The lowest BCUT2D eigenvalue weighted by atomic mass is 10.5. The lowest BCUT2D eigenvalue weighted by molar-refractivity contribution is -0.415. The molecule has 0 fully saturated rings. The Morgan fingerprint density at radius 1 is 0.455 bits per heavy atom. The highest BCUT2D eigenvalue weighted by Crippen LogP contribution is 2.42. The van der Waals surface area contributed by atoms with Gasteiger partial charge in [-0.25, -0.2) is 4.58 Å². The molecule has 0 bridgehead atoms. The third kappa shape index (κ3) is 9.10. The Morgan fingerprint density at radius 3 is 0.879 bits per heavy atom. The van der Waals surface area contributed by atoms with E-state index in [2.05, 4.69) is 0 Å². The average molecular weight is 499 g/mol. The summed E-state index contributed by atoms with van der Waals surface area (Å²) in [6, 6.07) is 0. The Morgan fingerprint density at radius 2 is 0.697 bits per heavy atom. The van der Waals surface area contributed by atoms with Crippen LogP contribution in [0.5, 0.6) is 0 Å². The molecule has 0 aliphatic heterocycles. The van der Waals surface area contributed by atoms with Gasteiger partial charge in [0.15, 0.2) is 0 Å². The maximum Gasteiger partial charge on any atom is 0.563 e. The first-order valence-corrected chi connectivity index (χ1v) is 14.6. The fraction of sp³-hybridized carbons (Fsp3) is 1.00. The lowest BCUT2D eigenvalue weighted by Gasteiger charge is -2.50. The lowest BCUT2D eigenvalue weighted by Crippen LogP contribution is -2.80. The maximum atomic E-state index is 10.6. The molecule has 0 saturated carbocycles. The Bertz CT molecular complexity index is 378. The highest BCUT2D eigenvalue weighted by Gasteiger charge is 2.80. The first-order chi connectivity index (χ1) is 16.0. The Balaban J connectivity index is 7.05. The van der Waals surface area contributed by atoms with E-state index in [-0.39, 0.29) is 46.2 Å². The molecule has 0 saturated heterocycles. The molecule has 0 atom stereocenters. The second-order valence-corrected chi connectivity index (χ2v) is 10.7. The summed E-state index contributed by atoms with van der Waals surface area (Å²) in [6.07, 6.45) is 4.76. The number of hydrogen-bond acceptors (Lipinski definition) is 9. The zero-order valence-corrected chi connectivity index (χ0v) is 23.1. The Hall–Kier alpha value is -0.143. The van der Waals surface area contributed by atoms with Gasteiger partial charge in [-0.2, -0.15) is 0 Å². The fourth-order valence-electron chi connectivity index (χ4n) is 2.99. The molecule has 9 nitrogen and oxygen atoms in total. The van der Waals surface area contributed by atoms with E-state index >= 15 is 0 Å². The first-order valence-electron chi connectivity index (χ1n) is 12.8. The van der Waals surface area contributed by atoms with E-state index < -0.39 is 19.8 Å². The molecule has 33 heavy (non-hydrogen) atoms. The van der Waals surface area contributed by atoms with Gasteiger partial charge in [-0.3, -0.25) is 5.26 Å². The number of rotatable bonds is 24. The van der Waals surface area contributed by atoms with Gasteiger partial charge in [0.05, 0.1) is 39.6 Å². The van der Waals surface area contributed by atoms with Crippen molar-refractivity contribution in [2.45, 2.75) is 105 Å². The highest BCUT2D eigenvalue weighted by atomic mass is 28.4. The van der Waals surface area contributed by atoms with Gasteiger partial charge in [0.2, 0.25) is 0 Å². The summed E-state index contributed by atoms with van der Waals surface area (Å²) in [5.74, 6) is 0. The Kier molecular flexibility index (Phi) is 19.0. The van der Waals surface area contributed by atoms with Crippen molar-refractivity contribution in [1.82, 2.24) is 0 Å². The standard InChI is InChI=1S/C23H50O9Si/c1-8-15-25-22(26-16-9-2,27-17-10-3)33(32-24,31-21-14-7)23(28-18-11-4,29-19-12-5)30-20-13-6/h24H,8-21H2,1-7H3. The summed E-state index contributed by atoms with van der Waals surface area (Å²) in [6.45, 7) is 15.7. The Labute approximate surface area is 202 Å². The van der Waals surface area contributed by atoms with E-state index in [1.54, 1.807) is 0 Å². The third-order valence-corrected chi connectivity index (χ3v) is 7.77. The smallest absolute Gasteiger partial charge is 0.383 e. The zero-order chi connectivity index (χ0) is 25.1. The summed E-state index contributed by atoms with van der Waals surface area (Å²) in [5, 5.41) is 10.6. The molecule has 200 valence electrons. The van der Waals surface area contributed by atoms with Crippen molar-refractivity contribution in [3.63, 3.8) is 0 Å². The van der Waals surface area contributed by atoms with Crippen LogP contribution in [-0.4, -0.2) is 71.3 Å². The van der Waals surface area contributed by atoms with Crippen molar-refractivity contribution >= 4 is 8.56 Å². The molecule has 0 aliphatic carbocycles. The highest BCUT2D eigenvalue weighted by molar-refractivity contribution is 6.71. The molecule has 0 spiro atoms. The van der Waals surface area contributed by atoms with E-state index in [1.165, 1.54) is 0 Å². The van der Waals surface area contributed by atoms with Crippen molar-refractivity contribution in [3.05, 3.63) is 0 Å². The van der Waals surface area contributed by atoms with E-state index in [9.17, 15) is 5.26 Å². The first kappa shape index (κ1) is 32.9. The minimum Gasteiger partial charge on any atom is -0.383 e. The quantitative estimate of drug-likeness (QED) is 0.0824. The van der Waals surface area contributed by atoms with Crippen LogP contribution in [0.1, 0.15) is 93.4 Å². The van der Waals surface area contributed by atoms with Crippen molar-refractivity contribution in [3.8, 4) is 0 Å². The zero-order valence-electron chi connectivity index (χ0n) is 22.1. The van der Waals surface area contributed by atoms with Gasteiger partial charge in [-0.15, -0.1) is 0 Å². The van der Waals surface area contributed by atoms with Crippen LogP contribution in [0.4, 0.5) is 0 Å². The molecule has 0 unspecified atom stereocenters. The molecule has 10 heteroatoms. The van der Waals surface area contributed by atoms with Crippen LogP contribution in [0.25, 0.3) is 0 Å². The monoisotopic (exact) mass is 498 g/mol. The molecule has 0 radical (unpaired) electrons. The molecular formula is C23H50O9Si. The van der Waals surface area contributed by atoms with Crippen LogP contribution >= 0.6 is 0 Å². The largest absolute Gasteiger partial charge is 0.563 e.